The third-order valence-electron chi connectivity index (χ3n) is 5.90. The monoisotopic (exact) mass is 492 g/mol. The molecule has 0 aliphatic rings. The van der Waals surface area contributed by atoms with Crippen LogP contribution in [0.1, 0.15) is 35.6 Å². The Labute approximate surface area is 213 Å². The largest absolute Gasteiger partial charge is 0.484 e. The lowest BCUT2D eigenvalue weighted by Gasteiger charge is -2.31. The van der Waals surface area contributed by atoms with Gasteiger partial charge in [0.15, 0.2) is 6.61 Å². The van der Waals surface area contributed by atoms with Gasteiger partial charge in [0.05, 0.1) is 0 Å². The lowest BCUT2D eigenvalue weighted by atomic mass is 10.0. The normalized spacial score (nSPS) is 11.5. The maximum atomic E-state index is 13.6. The smallest absolute Gasteiger partial charge is 0.261 e. The van der Waals surface area contributed by atoms with Crippen LogP contribution in [-0.4, -0.2) is 35.9 Å². The first-order valence-corrected chi connectivity index (χ1v) is 12.3. The van der Waals surface area contributed by atoms with Crippen molar-refractivity contribution in [3.05, 3.63) is 100 Å². The van der Waals surface area contributed by atoms with Crippen molar-refractivity contribution >= 4 is 23.4 Å². The molecule has 0 heterocycles. The van der Waals surface area contributed by atoms with Gasteiger partial charge in [0, 0.05) is 24.5 Å². The molecular weight excluding hydrogens is 460 g/mol. The van der Waals surface area contributed by atoms with E-state index in [1.54, 1.807) is 11.0 Å². The van der Waals surface area contributed by atoms with Crippen LogP contribution in [0.2, 0.25) is 5.02 Å². The SMILES string of the molecule is CCCNC(=O)[C@@H](Cc1ccccc1)N(Cc1cccc(Cl)c1)C(=O)COc1ccc(C)c(C)c1. The van der Waals surface area contributed by atoms with Crippen LogP contribution >= 0.6 is 11.6 Å². The maximum absolute atomic E-state index is 13.6. The molecule has 1 N–H and O–H groups in total. The summed E-state index contributed by atoms with van der Waals surface area (Å²) >= 11 is 6.21. The van der Waals surface area contributed by atoms with E-state index in [0.29, 0.717) is 23.7 Å². The van der Waals surface area contributed by atoms with Crippen LogP contribution in [0.3, 0.4) is 0 Å². The van der Waals surface area contributed by atoms with Crippen LogP contribution < -0.4 is 10.1 Å². The van der Waals surface area contributed by atoms with Crippen LogP contribution in [-0.2, 0) is 22.6 Å². The number of hydrogen-bond acceptors (Lipinski definition) is 3. The molecule has 0 saturated heterocycles. The quantitative estimate of drug-likeness (QED) is 0.384. The summed E-state index contributed by atoms with van der Waals surface area (Å²) in [5.74, 6) is 0.173. The lowest BCUT2D eigenvalue weighted by Crippen LogP contribution is -2.51. The minimum absolute atomic E-state index is 0.171. The van der Waals surface area contributed by atoms with Crippen molar-refractivity contribution < 1.29 is 14.3 Å². The first-order valence-electron chi connectivity index (χ1n) is 11.9. The van der Waals surface area contributed by atoms with Crippen LogP contribution in [0.25, 0.3) is 0 Å². The van der Waals surface area contributed by atoms with Crippen molar-refractivity contribution in [2.45, 2.75) is 46.2 Å². The Bertz CT molecular complexity index is 1130. The zero-order valence-electron chi connectivity index (χ0n) is 20.6. The summed E-state index contributed by atoms with van der Waals surface area (Å²) in [4.78, 5) is 28.5. The summed E-state index contributed by atoms with van der Waals surface area (Å²) in [5.41, 5.74) is 4.06. The van der Waals surface area contributed by atoms with Crippen LogP contribution in [0, 0.1) is 13.8 Å². The fourth-order valence-electron chi connectivity index (χ4n) is 3.78. The number of ether oxygens (including phenoxy) is 1. The average Bonchev–Trinajstić information content (AvgIpc) is 2.86. The highest BCUT2D eigenvalue weighted by Gasteiger charge is 2.30. The summed E-state index contributed by atoms with van der Waals surface area (Å²) in [7, 11) is 0. The van der Waals surface area contributed by atoms with Crippen molar-refractivity contribution in [1.82, 2.24) is 10.2 Å². The molecule has 0 saturated carbocycles. The van der Waals surface area contributed by atoms with Gasteiger partial charge < -0.3 is 15.0 Å². The molecule has 6 heteroatoms. The van der Waals surface area contributed by atoms with Crippen molar-refractivity contribution in [2.75, 3.05) is 13.2 Å². The zero-order chi connectivity index (χ0) is 25.2. The summed E-state index contributed by atoms with van der Waals surface area (Å²) < 4.78 is 5.86. The number of benzene rings is 3. The van der Waals surface area contributed by atoms with E-state index in [1.807, 2.05) is 87.5 Å². The Hall–Kier alpha value is -3.31. The summed E-state index contributed by atoms with van der Waals surface area (Å²) in [5, 5.41) is 3.55. The molecule has 0 unspecified atom stereocenters. The molecule has 0 radical (unpaired) electrons. The van der Waals surface area contributed by atoms with Gasteiger partial charge in [-0.1, -0.05) is 67.1 Å². The Balaban J connectivity index is 1.89. The van der Waals surface area contributed by atoms with Gasteiger partial charge in [0.2, 0.25) is 5.91 Å². The van der Waals surface area contributed by atoms with Gasteiger partial charge in [-0.05, 0) is 66.8 Å². The molecule has 5 nitrogen and oxygen atoms in total. The standard InChI is InChI=1S/C29H33ClN2O3/c1-4-15-31-29(34)27(18-23-9-6-5-7-10-23)32(19-24-11-8-12-25(30)17-24)28(33)20-35-26-14-13-21(2)22(3)16-26/h5-14,16-17,27H,4,15,18-20H2,1-3H3,(H,31,34)/t27-/m1/s1. The van der Waals surface area contributed by atoms with Gasteiger partial charge in [-0.3, -0.25) is 9.59 Å². The van der Waals surface area contributed by atoms with Crippen LogP contribution in [0.15, 0.2) is 72.8 Å². The molecule has 0 spiro atoms. The fraction of sp³-hybridized carbons (Fsp3) is 0.310. The second kappa shape index (κ2) is 13.0. The molecule has 1 atom stereocenters. The molecule has 35 heavy (non-hydrogen) atoms. The first kappa shape index (κ1) is 26.3. The van der Waals surface area contributed by atoms with Gasteiger partial charge in [0.1, 0.15) is 11.8 Å². The molecule has 3 rings (SSSR count). The number of carbonyl (C=O) groups is 2. The average molecular weight is 493 g/mol. The summed E-state index contributed by atoms with van der Waals surface area (Å²) in [6.07, 6.45) is 1.20. The molecular formula is C29H33ClN2O3. The minimum Gasteiger partial charge on any atom is -0.484 e. The molecule has 0 aliphatic heterocycles. The summed E-state index contributed by atoms with van der Waals surface area (Å²) in [6.45, 7) is 6.65. The van der Waals surface area contributed by atoms with E-state index in [9.17, 15) is 9.59 Å². The number of nitrogens with zero attached hydrogens (tertiary/aromatic N) is 1. The predicted molar refractivity (Wildman–Crippen MR) is 141 cm³/mol. The maximum Gasteiger partial charge on any atom is 0.261 e. The molecule has 0 aromatic heterocycles. The Morgan fingerprint density at radius 2 is 1.69 bits per heavy atom. The Morgan fingerprint density at radius 1 is 0.943 bits per heavy atom. The van der Waals surface area contributed by atoms with E-state index in [-0.39, 0.29) is 25.0 Å². The third kappa shape index (κ3) is 7.86. The van der Waals surface area contributed by atoms with E-state index in [2.05, 4.69) is 5.32 Å². The van der Waals surface area contributed by atoms with E-state index in [4.69, 9.17) is 16.3 Å². The highest BCUT2D eigenvalue weighted by molar-refractivity contribution is 6.30. The topological polar surface area (TPSA) is 58.6 Å². The molecule has 3 aromatic rings. The molecule has 0 fully saturated rings. The summed E-state index contributed by atoms with van der Waals surface area (Å²) in [6, 6.07) is 22.1. The van der Waals surface area contributed by atoms with Gasteiger partial charge >= 0.3 is 0 Å². The second-order valence-electron chi connectivity index (χ2n) is 8.68. The third-order valence-corrected chi connectivity index (χ3v) is 6.14. The van der Waals surface area contributed by atoms with Gasteiger partial charge in [-0.2, -0.15) is 0 Å². The lowest BCUT2D eigenvalue weighted by molar-refractivity contribution is -0.142. The van der Waals surface area contributed by atoms with E-state index in [1.165, 1.54) is 0 Å². The van der Waals surface area contributed by atoms with Crippen molar-refractivity contribution in [3.8, 4) is 5.75 Å². The molecule has 2 amide bonds. The predicted octanol–water partition coefficient (Wildman–Crippen LogP) is 5.50. The number of hydrogen-bond donors (Lipinski definition) is 1. The van der Waals surface area contributed by atoms with Gasteiger partial charge in [0.25, 0.3) is 5.91 Å². The Morgan fingerprint density at radius 3 is 2.37 bits per heavy atom. The highest BCUT2D eigenvalue weighted by atomic mass is 35.5. The molecule has 0 aliphatic carbocycles. The number of nitrogens with one attached hydrogen (secondary N) is 1. The van der Waals surface area contributed by atoms with E-state index in [0.717, 1.165) is 28.7 Å². The minimum atomic E-state index is -0.696. The first-order chi connectivity index (χ1) is 16.9. The fourth-order valence-corrected chi connectivity index (χ4v) is 4.00. The number of amides is 2. The number of aryl methyl sites for hydroxylation is 2. The zero-order valence-corrected chi connectivity index (χ0v) is 21.3. The number of halogens is 1. The van der Waals surface area contributed by atoms with Crippen LogP contribution in [0.4, 0.5) is 0 Å². The highest BCUT2D eigenvalue weighted by Crippen LogP contribution is 2.19. The molecule has 0 bridgehead atoms. The van der Waals surface area contributed by atoms with Gasteiger partial charge in [-0.15, -0.1) is 0 Å². The Kier molecular flexibility index (Phi) is 9.74. The van der Waals surface area contributed by atoms with Crippen LogP contribution in [0.5, 0.6) is 5.75 Å². The second-order valence-corrected chi connectivity index (χ2v) is 9.12. The van der Waals surface area contributed by atoms with Crippen molar-refractivity contribution in [3.63, 3.8) is 0 Å². The van der Waals surface area contributed by atoms with Crippen molar-refractivity contribution in [2.24, 2.45) is 0 Å². The molecule has 184 valence electrons. The number of carbonyl (C=O) groups excluding carboxylic acids is 2. The number of rotatable bonds is 11. The van der Waals surface area contributed by atoms with E-state index >= 15 is 0 Å². The molecule has 3 aromatic carbocycles. The van der Waals surface area contributed by atoms with E-state index < -0.39 is 6.04 Å². The van der Waals surface area contributed by atoms with Crippen molar-refractivity contribution in [1.29, 1.82) is 0 Å². The van der Waals surface area contributed by atoms with Gasteiger partial charge in [-0.25, -0.2) is 0 Å².